The van der Waals surface area contributed by atoms with Crippen molar-refractivity contribution in [1.82, 2.24) is 19.5 Å². The van der Waals surface area contributed by atoms with Gasteiger partial charge in [0.2, 0.25) is 5.91 Å². The molecule has 6 nitrogen and oxygen atoms in total. The van der Waals surface area contributed by atoms with E-state index in [1.54, 1.807) is 0 Å². The number of pyridine rings is 1. The van der Waals surface area contributed by atoms with Crippen LogP contribution in [0.3, 0.4) is 0 Å². The highest BCUT2D eigenvalue weighted by atomic mass is 16.2. The summed E-state index contributed by atoms with van der Waals surface area (Å²) in [5.41, 5.74) is 2.82. The molecule has 4 rings (SSSR count). The van der Waals surface area contributed by atoms with Crippen LogP contribution >= 0.6 is 0 Å². The second-order valence-corrected chi connectivity index (χ2v) is 7.03. The number of nitrogens with one attached hydrogen (secondary N) is 1. The van der Waals surface area contributed by atoms with Gasteiger partial charge in [-0.2, -0.15) is 5.26 Å². The van der Waals surface area contributed by atoms with Gasteiger partial charge in [0.05, 0.1) is 17.6 Å². The van der Waals surface area contributed by atoms with Crippen molar-refractivity contribution in [3.8, 4) is 6.07 Å². The molecule has 130 valence electrons. The average Bonchev–Trinajstić information content (AvgIpc) is 3.35. The van der Waals surface area contributed by atoms with Crippen molar-refractivity contribution in [2.75, 3.05) is 32.7 Å². The summed E-state index contributed by atoms with van der Waals surface area (Å²) >= 11 is 0. The number of nitriles is 1. The zero-order valence-corrected chi connectivity index (χ0v) is 14.3. The second kappa shape index (κ2) is 6.87. The van der Waals surface area contributed by atoms with Crippen LogP contribution in [0.4, 0.5) is 0 Å². The Kier molecular flexibility index (Phi) is 4.43. The maximum atomic E-state index is 11.9. The second-order valence-electron chi connectivity index (χ2n) is 7.03. The highest BCUT2D eigenvalue weighted by molar-refractivity contribution is 5.78. The largest absolute Gasteiger partial charge is 0.352 e. The van der Waals surface area contributed by atoms with Crippen LogP contribution in [0.2, 0.25) is 0 Å². The van der Waals surface area contributed by atoms with E-state index in [1.807, 2.05) is 28.8 Å². The van der Waals surface area contributed by atoms with E-state index in [4.69, 9.17) is 0 Å². The average molecular weight is 337 g/mol. The van der Waals surface area contributed by atoms with Gasteiger partial charge in [-0.1, -0.05) is 6.07 Å². The van der Waals surface area contributed by atoms with Gasteiger partial charge in [-0.3, -0.25) is 14.6 Å². The molecule has 2 aliphatic rings. The maximum absolute atomic E-state index is 11.9. The Morgan fingerprint density at radius 1 is 1.20 bits per heavy atom. The minimum Gasteiger partial charge on any atom is -0.352 e. The Balaban J connectivity index is 1.34. The molecule has 1 N–H and O–H groups in total. The predicted octanol–water partition coefficient (Wildman–Crippen LogP) is 1.21. The number of hydrogen-bond acceptors (Lipinski definition) is 4. The number of piperazine rings is 1. The third kappa shape index (κ3) is 3.68. The number of amides is 1. The van der Waals surface area contributed by atoms with Crippen molar-refractivity contribution in [2.45, 2.75) is 25.4 Å². The quantitative estimate of drug-likeness (QED) is 0.891. The van der Waals surface area contributed by atoms with Gasteiger partial charge >= 0.3 is 0 Å². The highest BCUT2D eigenvalue weighted by Gasteiger charge is 2.25. The Labute approximate surface area is 147 Å². The summed E-state index contributed by atoms with van der Waals surface area (Å²) in [6.45, 7) is 4.93. The van der Waals surface area contributed by atoms with Crippen LogP contribution in [-0.4, -0.2) is 58.9 Å². The van der Waals surface area contributed by atoms with Gasteiger partial charge in [0.15, 0.2) is 0 Å². The standard InChI is InChI=1S/C19H23N5O/c20-11-17-15(13-24-6-2-1-3-18(17)24)12-22-7-9-23(10-8-22)14-19(25)21-16-4-5-16/h1-3,6,13,16H,4-5,7-10,12,14H2,(H,21,25). The molecule has 1 saturated carbocycles. The molecular formula is C19H23N5O. The molecule has 1 aliphatic carbocycles. The molecule has 1 saturated heterocycles. The Morgan fingerprint density at radius 2 is 1.96 bits per heavy atom. The summed E-state index contributed by atoms with van der Waals surface area (Å²) in [7, 11) is 0. The molecule has 0 aromatic carbocycles. The lowest BCUT2D eigenvalue weighted by atomic mass is 10.1. The monoisotopic (exact) mass is 337 g/mol. The third-order valence-electron chi connectivity index (χ3n) is 5.04. The molecule has 1 amide bonds. The molecule has 2 aromatic heterocycles. The molecule has 3 heterocycles. The van der Waals surface area contributed by atoms with E-state index in [1.165, 1.54) is 0 Å². The summed E-state index contributed by atoms with van der Waals surface area (Å²) in [5, 5.41) is 12.6. The van der Waals surface area contributed by atoms with E-state index >= 15 is 0 Å². The zero-order chi connectivity index (χ0) is 17.2. The number of carbonyl (C=O) groups excluding carboxylic acids is 1. The molecule has 0 spiro atoms. The van der Waals surface area contributed by atoms with Gasteiger partial charge in [-0.15, -0.1) is 0 Å². The van der Waals surface area contributed by atoms with Crippen LogP contribution in [0.1, 0.15) is 24.0 Å². The van der Waals surface area contributed by atoms with E-state index < -0.39 is 0 Å². The van der Waals surface area contributed by atoms with Crippen LogP contribution < -0.4 is 5.32 Å². The zero-order valence-electron chi connectivity index (χ0n) is 14.3. The summed E-state index contributed by atoms with van der Waals surface area (Å²) in [6.07, 6.45) is 6.30. The minimum absolute atomic E-state index is 0.154. The molecule has 1 aliphatic heterocycles. The lowest BCUT2D eigenvalue weighted by molar-refractivity contribution is -0.122. The van der Waals surface area contributed by atoms with E-state index in [2.05, 4.69) is 27.4 Å². The van der Waals surface area contributed by atoms with Gasteiger partial charge in [-0.05, 0) is 25.0 Å². The van der Waals surface area contributed by atoms with Crippen molar-refractivity contribution < 1.29 is 4.79 Å². The number of rotatable bonds is 5. The maximum Gasteiger partial charge on any atom is 0.234 e. The van der Waals surface area contributed by atoms with Crippen LogP contribution in [0.25, 0.3) is 5.52 Å². The normalized spacial score (nSPS) is 19.0. The lowest BCUT2D eigenvalue weighted by Gasteiger charge is -2.34. The van der Waals surface area contributed by atoms with Crippen molar-refractivity contribution in [3.05, 3.63) is 41.7 Å². The molecule has 0 unspecified atom stereocenters. The molecule has 6 heteroatoms. The summed E-state index contributed by atoms with van der Waals surface area (Å²) in [4.78, 5) is 16.5. The fourth-order valence-electron chi connectivity index (χ4n) is 3.48. The van der Waals surface area contributed by atoms with Crippen LogP contribution in [-0.2, 0) is 11.3 Å². The van der Waals surface area contributed by atoms with Gasteiger partial charge < -0.3 is 9.72 Å². The first-order valence-electron chi connectivity index (χ1n) is 8.95. The van der Waals surface area contributed by atoms with E-state index in [-0.39, 0.29) is 5.91 Å². The Morgan fingerprint density at radius 3 is 2.68 bits per heavy atom. The first kappa shape index (κ1) is 16.1. The number of carbonyl (C=O) groups is 1. The smallest absolute Gasteiger partial charge is 0.234 e. The van der Waals surface area contributed by atoms with E-state index in [9.17, 15) is 10.1 Å². The number of hydrogen-bond donors (Lipinski definition) is 1. The Bertz CT molecular complexity index is 809. The van der Waals surface area contributed by atoms with Gasteiger partial charge in [0, 0.05) is 56.7 Å². The van der Waals surface area contributed by atoms with Crippen LogP contribution in [0.5, 0.6) is 0 Å². The lowest BCUT2D eigenvalue weighted by Crippen LogP contribution is -2.49. The van der Waals surface area contributed by atoms with Gasteiger partial charge in [0.25, 0.3) is 0 Å². The SMILES string of the molecule is N#Cc1c(CN2CCN(CC(=O)NC3CC3)CC2)cn2ccccc12. The summed E-state index contributed by atoms with van der Waals surface area (Å²) in [6, 6.07) is 8.71. The van der Waals surface area contributed by atoms with Gasteiger partial charge in [-0.25, -0.2) is 0 Å². The minimum atomic E-state index is 0.154. The summed E-state index contributed by atoms with van der Waals surface area (Å²) < 4.78 is 2.02. The molecule has 0 radical (unpaired) electrons. The van der Waals surface area contributed by atoms with Gasteiger partial charge in [0.1, 0.15) is 6.07 Å². The fraction of sp³-hybridized carbons (Fsp3) is 0.474. The van der Waals surface area contributed by atoms with Crippen molar-refractivity contribution in [1.29, 1.82) is 5.26 Å². The molecular weight excluding hydrogens is 314 g/mol. The number of aromatic nitrogens is 1. The fourth-order valence-corrected chi connectivity index (χ4v) is 3.48. The first-order chi connectivity index (χ1) is 12.2. The molecule has 2 aromatic rings. The molecule has 25 heavy (non-hydrogen) atoms. The molecule has 0 atom stereocenters. The number of nitrogens with zero attached hydrogens (tertiary/aromatic N) is 4. The first-order valence-corrected chi connectivity index (χ1v) is 8.95. The van der Waals surface area contributed by atoms with Crippen molar-refractivity contribution in [3.63, 3.8) is 0 Å². The molecule has 0 bridgehead atoms. The molecule has 2 fully saturated rings. The predicted molar refractivity (Wildman–Crippen MR) is 95.0 cm³/mol. The van der Waals surface area contributed by atoms with Crippen LogP contribution in [0.15, 0.2) is 30.6 Å². The van der Waals surface area contributed by atoms with Crippen LogP contribution in [0, 0.1) is 11.3 Å². The third-order valence-corrected chi connectivity index (χ3v) is 5.04. The summed E-state index contributed by atoms with van der Waals surface area (Å²) in [5.74, 6) is 0.154. The topological polar surface area (TPSA) is 63.8 Å². The van der Waals surface area contributed by atoms with E-state index in [0.717, 1.165) is 62.2 Å². The number of fused-ring (bicyclic) bond motifs is 1. The van der Waals surface area contributed by atoms with Crippen molar-refractivity contribution >= 4 is 11.4 Å². The Hall–Kier alpha value is -2.36. The highest BCUT2D eigenvalue weighted by Crippen LogP contribution is 2.20. The van der Waals surface area contributed by atoms with Crippen molar-refractivity contribution in [2.24, 2.45) is 0 Å². The van der Waals surface area contributed by atoms with E-state index in [0.29, 0.717) is 12.6 Å².